The van der Waals surface area contributed by atoms with Crippen LogP contribution >= 0.6 is 0 Å². The van der Waals surface area contributed by atoms with Crippen molar-refractivity contribution in [1.29, 1.82) is 0 Å². The Hall–Kier alpha value is -2.63. The van der Waals surface area contributed by atoms with Gasteiger partial charge in [-0.3, -0.25) is 9.36 Å². The molecular formula is C15H17N3O3. The van der Waals surface area contributed by atoms with Gasteiger partial charge >= 0.3 is 5.97 Å². The number of imidazole rings is 1. The zero-order chi connectivity index (χ0) is 15.5. The minimum absolute atomic E-state index is 0.285. The van der Waals surface area contributed by atoms with Crippen LogP contribution in [0.15, 0.2) is 42.9 Å². The maximum absolute atomic E-state index is 12.3. The lowest BCUT2D eigenvalue weighted by molar-refractivity contribution is -0.143. The van der Waals surface area contributed by atoms with Gasteiger partial charge in [0.2, 0.25) is 0 Å². The molecule has 21 heavy (non-hydrogen) atoms. The highest BCUT2D eigenvalue weighted by atomic mass is 16.4. The molecule has 0 aliphatic carbocycles. The summed E-state index contributed by atoms with van der Waals surface area (Å²) in [5.41, 5.74) is -0.223. The van der Waals surface area contributed by atoms with Crippen LogP contribution in [0, 0.1) is 0 Å². The summed E-state index contributed by atoms with van der Waals surface area (Å²) >= 11 is 0. The van der Waals surface area contributed by atoms with E-state index in [1.165, 1.54) is 19.4 Å². The second-order valence-corrected chi connectivity index (χ2v) is 4.93. The SMILES string of the molecule is CCC(C)(NC(=O)c1cncn1-c1ccccc1)C(=O)O. The number of carboxylic acid groups (broad SMARTS) is 1. The summed E-state index contributed by atoms with van der Waals surface area (Å²) in [5, 5.41) is 11.8. The van der Waals surface area contributed by atoms with Gasteiger partial charge in [-0.2, -0.15) is 0 Å². The zero-order valence-electron chi connectivity index (χ0n) is 11.9. The van der Waals surface area contributed by atoms with Crippen molar-refractivity contribution in [3.05, 3.63) is 48.5 Å². The average molecular weight is 287 g/mol. The third kappa shape index (κ3) is 2.94. The van der Waals surface area contributed by atoms with Gasteiger partial charge < -0.3 is 10.4 Å². The topological polar surface area (TPSA) is 84.2 Å². The second kappa shape index (κ2) is 5.78. The minimum Gasteiger partial charge on any atom is -0.480 e. The number of aliphatic carboxylic acids is 1. The summed E-state index contributed by atoms with van der Waals surface area (Å²) in [4.78, 5) is 27.6. The maximum atomic E-state index is 12.3. The number of rotatable bonds is 5. The highest BCUT2D eigenvalue weighted by molar-refractivity contribution is 5.96. The van der Waals surface area contributed by atoms with E-state index in [1.54, 1.807) is 11.5 Å². The Morgan fingerprint density at radius 3 is 2.57 bits per heavy atom. The minimum atomic E-state index is -1.30. The lowest BCUT2D eigenvalue weighted by atomic mass is 9.99. The van der Waals surface area contributed by atoms with Gasteiger partial charge in [0.15, 0.2) is 0 Å². The maximum Gasteiger partial charge on any atom is 0.329 e. The van der Waals surface area contributed by atoms with E-state index in [0.29, 0.717) is 5.69 Å². The summed E-state index contributed by atoms with van der Waals surface area (Å²) in [6.45, 7) is 3.19. The highest BCUT2D eigenvalue weighted by Gasteiger charge is 2.33. The summed E-state index contributed by atoms with van der Waals surface area (Å²) in [5.74, 6) is -1.53. The lowest BCUT2D eigenvalue weighted by Gasteiger charge is -2.24. The Kier molecular flexibility index (Phi) is 4.07. The molecule has 0 radical (unpaired) electrons. The Balaban J connectivity index is 2.30. The first kappa shape index (κ1) is 14.8. The van der Waals surface area contributed by atoms with E-state index in [-0.39, 0.29) is 6.42 Å². The van der Waals surface area contributed by atoms with Crippen molar-refractivity contribution in [3.8, 4) is 5.69 Å². The molecule has 1 unspecified atom stereocenters. The van der Waals surface area contributed by atoms with Gasteiger partial charge in [0.1, 0.15) is 11.2 Å². The number of carboxylic acids is 1. The number of carbonyl (C=O) groups excluding carboxylic acids is 1. The first-order valence-corrected chi connectivity index (χ1v) is 6.61. The van der Waals surface area contributed by atoms with E-state index in [4.69, 9.17) is 0 Å². The second-order valence-electron chi connectivity index (χ2n) is 4.93. The molecule has 0 saturated carbocycles. The number of hydrogen-bond acceptors (Lipinski definition) is 3. The van der Waals surface area contributed by atoms with Gasteiger partial charge in [-0.15, -0.1) is 0 Å². The molecule has 110 valence electrons. The first-order valence-electron chi connectivity index (χ1n) is 6.61. The molecule has 1 aromatic heterocycles. The molecule has 0 aliphatic heterocycles. The Labute approximate surface area is 122 Å². The van der Waals surface area contributed by atoms with E-state index in [2.05, 4.69) is 10.3 Å². The van der Waals surface area contributed by atoms with Crippen LogP contribution in [0.3, 0.4) is 0 Å². The van der Waals surface area contributed by atoms with Crippen LogP contribution in [0.4, 0.5) is 0 Å². The van der Waals surface area contributed by atoms with Gasteiger partial charge in [-0.05, 0) is 25.5 Å². The predicted molar refractivity (Wildman–Crippen MR) is 77.4 cm³/mol. The number of benzene rings is 1. The van der Waals surface area contributed by atoms with Crippen LogP contribution in [-0.4, -0.2) is 32.1 Å². The molecule has 1 heterocycles. The van der Waals surface area contributed by atoms with Gasteiger partial charge in [-0.25, -0.2) is 9.78 Å². The average Bonchev–Trinajstić information content (AvgIpc) is 2.97. The lowest BCUT2D eigenvalue weighted by Crippen LogP contribution is -2.52. The molecule has 1 amide bonds. The molecular weight excluding hydrogens is 270 g/mol. The van der Waals surface area contributed by atoms with Gasteiger partial charge in [0, 0.05) is 5.69 Å². The molecule has 1 aromatic carbocycles. The zero-order valence-corrected chi connectivity index (χ0v) is 11.9. The van der Waals surface area contributed by atoms with Crippen molar-refractivity contribution in [3.63, 3.8) is 0 Å². The highest BCUT2D eigenvalue weighted by Crippen LogP contribution is 2.14. The van der Waals surface area contributed by atoms with Crippen LogP contribution < -0.4 is 5.32 Å². The first-order chi connectivity index (χ1) is 9.98. The van der Waals surface area contributed by atoms with Crippen molar-refractivity contribution in [1.82, 2.24) is 14.9 Å². The standard InChI is InChI=1S/C15H17N3O3/c1-3-15(2,14(20)21)17-13(19)12-9-16-10-18(12)11-7-5-4-6-8-11/h4-10H,3H2,1-2H3,(H,17,19)(H,20,21). The summed E-state index contributed by atoms with van der Waals surface area (Å²) < 4.78 is 1.62. The molecule has 2 aromatic rings. The van der Waals surface area contributed by atoms with E-state index in [9.17, 15) is 14.7 Å². The quantitative estimate of drug-likeness (QED) is 0.879. The van der Waals surface area contributed by atoms with Gasteiger partial charge in [0.05, 0.1) is 12.5 Å². The number of para-hydroxylation sites is 1. The fourth-order valence-corrected chi connectivity index (χ4v) is 1.87. The van der Waals surface area contributed by atoms with E-state index in [0.717, 1.165) is 5.69 Å². The van der Waals surface area contributed by atoms with Crippen molar-refractivity contribution >= 4 is 11.9 Å². The summed E-state index contributed by atoms with van der Waals surface area (Å²) in [7, 11) is 0. The van der Waals surface area contributed by atoms with Crippen molar-refractivity contribution in [2.45, 2.75) is 25.8 Å². The molecule has 0 bridgehead atoms. The largest absolute Gasteiger partial charge is 0.480 e. The molecule has 1 atom stereocenters. The Morgan fingerprint density at radius 1 is 1.33 bits per heavy atom. The number of carbonyl (C=O) groups is 2. The molecule has 6 heteroatoms. The Bertz CT molecular complexity index is 651. The fourth-order valence-electron chi connectivity index (χ4n) is 1.87. The number of aromatic nitrogens is 2. The van der Waals surface area contributed by atoms with Crippen LogP contribution in [0.25, 0.3) is 5.69 Å². The monoisotopic (exact) mass is 287 g/mol. The number of nitrogens with one attached hydrogen (secondary N) is 1. The smallest absolute Gasteiger partial charge is 0.329 e. The summed E-state index contributed by atoms with van der Waals surface area (Å²) in [6.07, 6.45) is 3.22. The van der Waals surface area contributed by atoms with Crippen LogP contribution in [0.5, 0.6) is 0 Å². The third-order valence-corrected chi connectivity index (χ3v) is 3.47. The summed E-state index contributed by atoms with van der Waals surface area (Å²) in [6, 6.07) is 9.26. The van der Waals surface area contributed by atoms with E-state index < -0.39 is 17.4 Å². The van der Waals surface area contributed by atoms with Gasteiger partial charge in [-0.1, -0.05) is 25.1 Å². The molecule has 0 spiro atoms. The van der Waals surface area contributed by atoms with Crippen LogP contribution in [-0.2, 0) is 4.79 Å². The van der Waals surface area contributed by atoms with E-state index >= 15 is 0 Å². The molecule has 2 N–H and O–H groups in total. The number of hydrogen-bond donors (Lipinski definition) is 2. The van der Waals surface area contributed by atoms with Crippen molar-refractivity contribution in [2.75, 3.05) is 0 Å². The molecule has 6 nitrogen and oxygen atoms in total. The fraction of sp³-hybridized carbons (Fsp3) is 0.267. The molecule has 0 saturated heterocycles. The molecule has 0 fully saturated rings. The van der Waals surface area contributed by atoms with Gasteiger partial charge in [0.25, 0.3) is 5.91 Å². The predicted octanol–water partition coefficient (Wildman–Crippen LogP) is 1.86. The van der Waals surface area contributed by atoms with Crippen LogP contribution in [0.2, 0.25) is 0 Å². The normalized spacial score (nSPS) is 13.4. The van der Waals surface area contributed by atoms with Crippen molar-refractivity contribution in [2.24, 2.45) is 0 Å². The van der Waals surface area contributed by atoms with E-state index in [1.807, 2.05) is 30.3 Å². The molecule has 2 rings (SSSR count). The molecule has 0 aliphatic rings. The number of nitrogens with zero attached hydrogens (tertiary/aromatic N) is 2. The Morgan fingerprint density at radius 2 is 2.00 bits per heavy atom. The number of amides is 1. The third-order valence-electron chi connectivity index (χ3n) is 3.47. The van der Waals surface area contributed by atoms with Crippen LogP contribution in [0.1, 0.15) is 30.8 Å². The van der Waals surface area contributed by atoms with Crippen molar-refractivity contribution < 1.29 is 14.7 Å².